The number of allylic oxidation sites excluding steroid dienone is 2. The molecule has 154 valence electrons. The smallest absolute Gasteiger partial charge is 0.291 e. The van der Waals surface area contributed by atoms with Gasteiger partial charge in [0.1, 0.15) is 0 Å². The van der Waals surface area contributed by atoms with Crippen LogP contribution in [0.15, 0.2) is 35.5 Å². The largest absolute Gasteiger partial charge is 0.336 e. The molecule has 6 nitrogen and oxygen atoms in total. The first-order valence-electron chi connectivity index (χ1n) is 10.4. The molecule has 2 aromatic rings. The van der Waals surface area contributed by atoms with E-state index < -0.39 is 0 Å². The molecule has 6 heteroatoms. The third-order valence-electron chi connectivity index (χ3n) is 6.23. The second-order valence-electron chi connectivity index (χ2n) is 9.14. The van der Waals surface area contributed by atoms with Crippen LogP contribution in [-0.4, -0.2) is 22.6 Å². The maximum atomic E-state index is 12.8. The third-order valence-corrected chi connectivity index (χ3v) is 6.23. The van der Waals surface area contributed by atoms with Gasteiger partial charge in [0, 0.05) is 11.3 Å². The SMILES string of the molecule is C=NCc1cnc(C(=O)Nc2ccc(C3(C#N)CC3)cc2C2=CCC(C)(C)CC2)[nH]1. The van der Waals surface area contributed by atoms with Gasteiger partial charge in [0.05, 0.1) is 29.9 Å². The average Bonchev–Trinajstić information content (AvgIpc) is 3.39. The number of aliphatic imine (C=N–C) groups is 1. The van der Waals surface area contributed by atoms with Crippen LogP contribution < -0.4 is 5.32 Å². The van der Waals surface area contributed by atoms with Crippen LogP contribution in [-0.2, 0) is 12.0 Å². The van der Waals surface area contributed by atoms with Gasteiger partial charge in [-0.1, -0.05) is 26.0 Å². The number of carbonyl (C=O) groups is 1. The molecule has 1 amide bonds. The minimum Gasteiger partial charge on any atom is -0.336 e. The number of benzene rings is 1. The van der Waals surface area contributed by atoms with Crippen molar-refractivity contribution in [3.05, 3.63) is 53.1 Å². The molecule has 4 rings (SSSR count). The first kappa shape index (κ1) is 20.1. The fourth-order valence-corrected chi connectivity index (χ4v) is 3.98. The van der Waals surface area contributed by atoms with Gasteiger partial charge in [-0.3, -0.25) is 9.79 Å². The van der Waals surface area contributed by atoms with E-state index in [2.05, 4.69) is 59.1 Å². The van der Waals surface area contributed by atoms with E-state index in [-0.39, 0.29) is 17.1 Å². The predicted molar refractivity (Wildman–Crippen MR) is 118 cm³/mol. The summed E-state index contributed by atoms with van der Waals surface area (Å²) in [5.74, 6) is -0.0457. The minimum absolute atomic E-state index is 0.248. The summed E-state index contributed by atoms with van der Waals surface area (Å²) < 4.78 is 0. The summed E-state index contributed by atoms with van der Waals surface area (Å²) in [5, 5.41) is 12.6. The van der Waals surface area contributed by atoms with Gasteiger partial charge in [0.25, 0.3) is 5.91 Å². The van der Waals surface area contributed by atoms with Crippen LogP contribution in [0, 0.1) is 16.7 Å². The lowest BCUT2D eigenvalue weighted by Gasteiger charge is -2.29. The molecule has 1 aromatic heterocycles. The lowest BCUT2D eigenvalue weighted by Crippen LogP contribution is -2.17. The van der Waals surface area contributed by atoms with Crippen molar-refractivity contribution >= 4 is 23.9 Å². The van der Waals surface area contributed by atoms with E-state index in [0.717, 1.165) is 54.6 Å². The van der Waals surface area contributed by atoms with Gasteiger partial charge in [-0.15, -0.1) is 0 Å². The van der Waals surface area contributed by atoms with Crippen LogP contribution in [0.25, 0.3) is 5.57 Å². The lowest BCUT2D eigenvalue weighted by molar-refractivity contribution is 0.101. The van der Waals surface area contributed by atoms with Crippen LogP contribution in [0.1, 0.15) is 73.4 Å². The molecule has 0 spiro atoms. The highest BCUT2D eigenvalue weighted by Crippen LogP contribution is 2.49. The maximum absolute atomic E-state index is 12.8. The van der Waals surface area contributed by atoms with Gasteiger partial charge in [0.2, 0.25) is 0 Å². The van der Waals surface area contributed by atoms with Crippen LogP contribution in [0.4, 0.5) is 5.69 Å². The topological polar surface area (TPSA) is 93.9 Å². The van der Waals surface area contributed by atoms with Crippen molar-refractivity contribution < 1.29 is 4.79 Å². The highest BCUT2D eigenvalue weighted by Gasteiger charge is 2.45. The van der Waals surface area contributed by atoms with Crippen LogP contribution in [0.5, 0.6) is 0 Å². The van der Waals surface area contributed by atoms with Crippen LogP contribution >= 0.6 is 0 Å². The van der Waals surface area contributed by atoms with E-state index in [1.165, 1.54) is 5.57 Å². The standard InChI is InChI=1S/C24H27N5O/c1-23(2)8-6-16(7-9-23)19-12-17(24(15-25)10-11-24)4-5-20(19)29-22(30)21-27-14-18(28-21)13-26-3/h4-6,12,14H,3,7-11,13H2,1-2H3,(H,27,28)(H,29,30). The molecular weight excluding hydrogens is 374 g/mol. The zero-order valence-corrected chi connectivity index (χ0v) is 17.6. The number of nitrogens with one attached hydrogen (secondary N) is 2. The molecule has 0 unspecified atom stereocenters. The van der Waals surface area contributed by atoms with Gasteiger partial charge >= 0.3 is 0 Å². The van der Waals surface area contributed by atoms with Crippen molar-refractivity contribution in [3.63, 3.8) is 0 Å². The Bertz CT molecular complexity index is 1070. The van der Waals surface area contributed by atoms with Crippen molar-refractivity contribution in [3.8, 4) is 6.07 Å². The number of aromatic amines is 1. The van der Waals surface area contributed by atoms with Crippen molar-refractivity contribution in [1.29, 1.82) is 5.26 Å². The van der Waals surface area contributed by atoms with Gasteiger partial charge in [-0.2, -0.15) is 5.26 Å². The second kappa shape index (κ2) is 7.56. The Kier molecular flexibility index (Phi) is 5.07. The molecule has 0 radical (unpaired) electrons. The number of nitriles is 1. The van der Waals surface area contributed by atoms with E-state index in [1.807, 2.05) is 12.1 Å². The highest BCUT2D eigenvalue weighted by molar-refractivity contribution is 6.03. The lowest BCUT2D eigenvalue weighted by atomic mass is 9.76. The first-order valence-corrected chi connectivity index (χ1v) is 10.4. The predicted octanol–water partition coefficient (Wildman–Crippen LogP) is 5.01. The summed E-state index contributed by atoms with van der Waals surface area (Å²) in [6, 6.07) is 8.48. The number of imidazole rings is 1. The van der Waals surface area contributed by atoms with E-state index in [1.54, 1.807) is 6.20 Å². The summed E-state index contributed by atoms with van der Waals surface area (Å²) >= 11 is 0. The van der Waals surface area contributed by atoms with E-state index in [9.17, 15) is 10.1 Å². The zero-order chi connectivity index (χ0) is 21.4. The van der Waals surface area contributed by atoms with Crippen molar-refractivity contribution in [2.45, 2.75) is 57.9 Å². The normalized spacial score (nSPS) is 18.8. The molecule has 2 aliphatic carbocycles. The summed E-state index contributed by atoms with van der Waals surface area (Å²) in [7, 11) is 0. The molecule has 1 heterocycles. The van der Waals surface area contributed by atoms with Crippen LogP contribution in [0.2, 0.25) is 0 Å². The van der Waals surface area contributed by atoms with Gasteiger partial charge < -0.3 is 10.3 Å². The Morgan fingerprint density at radius 3 is 2.80 bits per heavy atom. The maximum Gasteiger partial charge on any atom is 0.291 e. The Balaban J connectivity index is 1.66. The minimum atomic E-state index is -0.362. The quantitative estimate of drug-likeness (QED) is 0.666. The number of H-pyrrole nitrogens is 1. The number of hydrogen-bond donors (Lipinski definition) is 2. The van der Waals surface area contributed by atoms with Gasteiger partial charge in [-0.05, 0) is 67.5 Å². The second-order valence-corrected chi connectivity index (χ2v) is 9.14. The van der Waals surface area contributed by atoms with Gasteiger partial charge in [0.15, 0.2) is 5.82 Å². The molecule has 1 fully saturated rings. The number of rotatable bonds is 6. The number of carbonyl (C=O) groups excluding carboxylic acids is 1. The fourth-order valence-electron chi connectivity index (χ4n) is 3.98. The number of amides is 1. The first-order chi connectivity index (χ1) is 14.4. The Labute approximate surface area is 177 Å². The summed E-state index contributed by atoms with van der Waals surface area (Å²) in [6.45, 7) is 8.41. The van der Waals surface area contributed by atoms with Gasteiger partial charge in [-0.25, -0.2) is 4.98 Å². The van der Waals surface area contributed by atoms with Crippen molar-refractivity contribution in [1.82, 2.24) is 9.97 Å². The Morgan fingerprint density at radius 1 is 1.37 bits per heavy atom. The number of anilines is 1. The number of nitrogens with zero attached hydrogens (tertiary/aromatic N) is 3. The van der Waals surface area contributed by atoms with E-state index in [0.29, 0.717) is 12.0 Å². The third kappa shape index (κ3) is 3.93. The molecule has 0 atom stereocenters. The Hall–Kier alpha value is -3.20. The zero-order valence-electron chi connectivity index (χ0n) is 17.6. The number of hydrogen-bond acceptors (Lipinski definition) is 4. The monoisotopic (exact) mass is 401 g/mol. The molecular formula is C24H27N5O. The van der Waals surface area contributed by atoms with Crippen molar-refractivity contribution in [2.24, 2.45) is 10.4 Å². The molecule has 30 heavy (non-hydrogen) atoms. The molecule has 2 N–H and O–H groups in total. The fraction of sp³-hybridized carbons (Fsp3) is 0.417. The molecule has 0 bridgehead atoms. The molecule has 1 aromatic carbocycles. The summed E-state index contributed by atoms with van der Waals surface area (Å²) in [4.78, 5) is 23.7. The molecule has 1 saturated carbocycles. The summed E-state index contributed by atoms with van der Waals surface area (Å²) in [6.07, 6.45) is 8.72. The number of aromatic nitrogens is 2. The molecule has 0 aliphatic heterocycles. The highest BCUT2D eigenvalue weighted by atomic mass is 16.2. The van der Waals surface area contributed by atoms with Crippen LogP contribution in [0.3, 0.4) is 0 Å². The van der Waals surface area contributed by atoms with Crippen molar-refractivity contribution in [2.75, 3.05) is 5.32 Å². The van der Waals surface area contributed by atoms with E-state index in [4.69, 9.17) is 0 Å². The van der Waals surface area contributed by atoms with E-state index >= 15 is 0 Å². The Morgan fingerprint density at radius 2 is 2.17 bits per heavy atom. The summed E-state index contributed by atoms with van der Waals surface area (Å²) in [5.41, 5.74) is 4.71. The molecule has 2 aliphatic rings. The average molecular weight is 402 g/mol. The molecule has 0 saturated heterocycles.